The van der Waals surface area contributed by atoms with Crippen LogP contribution in [0.5, 0.6) is 0 Å². The molecule has 17 heavy (non-hydrogen) atoms. The van der Waals surface area contributed by atoms with Gasteiger partial charge < -0.3 is 10.0 Å². The topological polar surface area (TPSA) is 57.6 Å². The van der Waals surface area contributed by atoms with Gasteiger partial charge >= 0.3 is 5.97 Å². The summed E-state index contributed by atoms with van der Waals surface area (Å²) in [5.74, 6) is -1.24. The standard InChI is InChI=1S/C12H12ClNO3/c13-10-4-3-8(12(16)17)7-9(10)11(15)14-5-1-2-6-14/h3-4,7H,1-2,5-6H2,(H,16,17). The van der Waals surface area contributed by atoms with E-state index in [2.05, 4.69) is 0 Å². The van der Waals surface area contributed by atoms with E-state index in [9.17, 15) is 9.59 Å². The number of carbonyl (C=O) groups is 2. The van der Waals surface area contributed by atoms with E-state index in [-0.39, 0.29) is 17.0 Å². The lowest BCUT2D eigenvalue weighted by atomic mass is 10.1. The van der Waals surface area contributed by atoms with Crippen LogP contribution in [0.15, 0.2) is 18.2 Å². The summed E-state index contributed by atoms with van der Waals surface area (Å²) in [5.41, 5.74) is 0.352. The van der Waals surface area contributed by atoms with E-state index in [0.717, 1.165) is 12.8 Å². The summed E-state index contributed by atoms with van der Waals surface area (Å²) in [4.78, 5) is 24.6. The molecule has 1 amide bonds. The van der Waals surface area contributed by atoms with Crippen LogP contribution < -0.4 is 0 Å². The summed E-state index contributed by atoms with van der Waals surface area (Å²) in [6.45, 7) is 1.43. The number of hydrogen-bond donors (Lipinski definition) is 1. The Bertz CT molecular complexity index is 467. The quantitative estimate of drug-likeness (QED) is 0.880. The minimum absolute atomic E-state index is 0.0805. The van der Waals surface area contributed by atoms with Gasteiger partial charge in [-0.25, -0.2) is 4.79 Å². The van der Waals surface area contributed by atoms with Crippen LogP contribution in [0.2, 0.25) is 5.02 Å². The molecule has 1 aliphatic heterocycles. The molecular weight excluding hydrogens is 242 g/mol. The molecule has 90 valence electrons. The van der Waals surface area contributed by atoms with Crippen molar-refractivity contribution >= 4 is 23.5 Å². The third kappa shape index (κ3) is 2.42. The van der Waals surface area contributed by atoms with Crippen LogP contribution in [0.4, 0.5) is 0 Å². The molecule has 0 aromatic heterocycles. The second-order valence-corrected chi connectivity index (χ2v) is 4.41. The van der Waals surface area contributed by atoms with Crippen LogP contribution in [0.1, 0.15) is 33.6 Å². The summed E-state index contributed by atoms with van der Waals surface area (Å²) >= 11 is 5.93. The minimum atomic E-state index is -1.06. The number of carbonyl (C=O) groups excluding carboxylic acids is 1. The predicted octanol–water partition coefficient (Wildman–Crippen LogP) is 2.27. The van der Waals surface area contributed by atoms with Gasteiger partial charge in [0.05, 0.1) is 16.1 Å². The molecule has 1 fully saturated rings. The van der Waals surface area contributed by atoms with Crippen LogP contribution in [0.25, 0.3) is 0 Å². The van der Waals surface area contributed by atoms with Gasteiger partial charge in [0.1, 0.15) is 0 Å². The van der Waals surface area contributed by atoms with Crippen molar-refractivity contribution < 1.29 is 14.7 Å². The van der Waals surface area contributed by atoms with E-state index in [1.807, 2.05) is 0 Å². The average molecular weight is 254 g/mol. The molecule has 2 rings (SSSR count). The van der Waals surface area contributed by atoms with Crippen LogP contribution in [0.3, 0.4) is 0 Å². The highest BCUT2D eigenvalue weighted by Crippen LogP contribution is 2.21. The van der Waals surface area contributed by atoms with Gasteiger partial charge in [0, 0.05) is 13.1 Å². The molecule has 0 aliphatic carbocycles. The molecule has 1 aromatic rings. The molecule has 0 radical (unpaired) electrons. The molecule has 0 bridgehead atoms. The van der Waals surface area contributed by atoms with Crippen molar-refractivity contribution in [2.45, 2.75) is 12.8 Å². The fraction of sp³-hybridized carbons (Fsp3) is 0.333. The van der Waals surface area contributed by atoms with Gasteiger partial charge in [-0.1, -0.05) is 11.6 Å². The van der Waals surface area contributed by atoms with Crippen molar-refractivity contribution in [2.24, 2.45) is 0 Å². The molecule has 1 heterocycles. The largest absolute Gasteiger partial charge is 0.478 e. The number of halogens is 1. The Morgan fingerprint density at radius 1 is 1.24 bits per heavy atom. The van der Waals surface area contributed by atoms with Crippen molar-refractivity contribution in [1.29, 1.82) is 0 Å². The van der Waals surface area contributed by atoms with Gasteiger partial charge in [-0.3, -0.25) is 4.79 Å². The molecule has 1 saturated heterocycles. The number of rotatable bonds is 2. The maximum Gasteiger partial charge on any atom is 0.335 e. The third-order valence-electron chi connectivity index (χ3n) is 2.84. The Hall–Kier alpha value is -1.55. The second-order valence-electron chi connectivity index (χ2n) is 4.00. The first kappa shape index (κ1) is 11.9. The molecule has 0 spiro atoms. The smallest absolute Gasteiger partial charge is 0.335 e. The lowest BCUT2D eigenvalue weighted by Gasteiger charge is -2.16. The first-order valence-electron chi connectivity index (χ1n) is 5.41. The summed E-state index contributed by atoms with van der Waals surface area (Å²) in [7, 11) is 0. The molecule has 0 unspecified atom stereocenters. The molecule has 1 aliphatic rings. The number of aromatic carboxylic acids is 1. The average Bonchev–Trinajstić information content (AvgIpc) is 2.81. The van der Waals surface area contributed by atoms with Gasteiger partial charge in [0.25, 0.3) is 5.91 Å². The van der Waals surface area contributed by atoms with Crippen LogP contribution in [0, 0.1) is 0 Å². The zero-order valence-corrected chi connectivity index (χ0v) is 9.91. The van der Waals surface area contributed by atoms with Crippen LogP contribution in [-0.4, -0.2) is 35.0 Å². The fourth-order valence-electron chi connectivity index (χ4n) is 1.91. The summed E-state index contributed by atoms with van der Waals surface area (Å²) in [6, 6.07) is 4.19. The van der Waals surface area contributed by atoms with E-state index < -0.39 is 5.97 Å². The summed E-state index contributed by atoms with van der Waals surface area (Å²) < 4.78 is 0. The zero-order chi connectivity index (χ0) is 12.4. The van der Waals surface area contributed by atoms with Gasteiger partial charge in [-0.15, -0.1) is 0 Å². The number of nitrogens with zero attached hydrogens (tertiary/aromatic N) is 1. The summed E-state index contributed by atoms with van der Waals surface area (Å²) in [6.07, 6.45) is 1.98. The first-order chi connectivity index (χ1) is 8.09. The third-order valence-corrected chi connectivity index (χ3v) is 3.17. The Morgan fingerprint density at radius 2 is 1.88 bits per heavy atom. The van der Waals surface area contributed by atoms with Crippen molar-refractivity contribution in [1.82, 2.24) is 4.90 Å². The lowest BCUT2D eigenvalue weighted by molar-refractivity contribution is 0.0697. The maximum atomic E-state index is 12.1. The number of carboxylic acids is 1. The fourth-order valence-corrected chi connectivity index (χ4v) is 2.11. The normalized spacial score (nSPS) is 15.0. The Labute approximate surface area is 104 Å². The van der Waals surface area contributed by atoms with E-state index in [1.54, 1.807) is 4.90 Å². The van der Waals surface area contributed by atoms with Crippen molar-refractivity contribution in [2.75, 3.05) is 13.1 Å². The highest BCUT2D eigenvalue weighted by molar-refractivity contribution is 6.34. The number of likely N-dealkylation sites (tertiary alicyclic amines) is 1. The molecule has 4 nitrogen and oxygen atoms in total. The van der Waals surface area contributed by atoms with Gasteiger partial charge in [-0.05, 0) is 31.0 Å². The van der Waals surface area contributed by atoms with Gasteiger partial charge in [-0.2, -0.15) is 0 Å². The number of carboxylic acid groups (broad SMARTS) is 1. The van der Waals surface area contributed by atoms with Gasteiger partial charge in [0.15, 0.2) is 0 Å². The highest BCUT2D eigenvalue weighted by atomic mass is 35.5. The number of benzene rings is 1. The molecule has 0 atom stereocenters. The van der Waals surface area contributed by atoms with Crippen LogP contribution >= 0.6 is 11.6 Å². The molecular formula is C12H12ClNO3. The molecule has 0 saturated carbocycles. The van der Waals surface area contributed by atoms with Crippen molar-refractivity contribution in [3.8, 4) is 0 Å². The monoisotopic (exact) mass is 253 g/mol. The Balaban J connectivity index is 2.32. The lowest BCUT2D eigenvalue weighted by Crippen LogP contribution is -2.28. The van der Waals surface area contributed by atoms with Crippen molar-refractivity contribution in [3.63, 3.8) is 0 Å². The summed E-state index contributed by atoms with van der Waals surface area (Å²) in [5, 5.41) is 9.18. The zero-order valence-electron chi connectivity index (χ0n) is 9.15. The van der Waals surface area contributed by atoms with Crippen LogP contribution in [-0.2, 0) is 0 Å². The highest BCUT2D eigenvalue weighted by Gasteiger charge is 2.22. The SMILES string of the molecule is O=C(O)c1ccc(Cl)c(C(=O)N2CCCC2)c1. The van der Waals surface area contributed by atoms with E-state index >= 15 is 0 Å². The molecule has 1 aromatic carbocycles. The van der Waals surface area contributed by atoms with E-state index in [1.165, 1.54) is 18.2 Å². The first-order valence-corrected chi connectivity index (χ1v) is 5.79. The molecule has 5 heteroatoms. The Morgan fingerprint density at radius 3 is 2.47 bits per heavy atom. The Kier molecular flexibility index (Phi) is 3.33. The van der Waals surface area contributed by atoms with Crippen molar-refractivity contribution in [3.05, 3.63) is 34.3 Å². The minimum Gasteiger partial charge on any atom is -0.478 e. The van der Waals surface area contributed by atoms with E-state index in [0.29, 0.717) is 18.1 Å². The predicted molar refractivity (Wildman–Crippen MR) is 63.5 cm³/mol. The molecule has 1 N–H and O–H groups in total. The number of amides is 1. The van der Waals surface area contributed by atoms with E-state index in [4.69, 9.17) is 16.7 Å². The number of hydrogen-bond acceptors (Lipinski definition) is 2. The second kappa shape index (κ2) is 4.75. The maximum absolute atomic E-state index is 12.1. The van der Waals surface area contributed by atoms with Gasteiger partial charge in [0.2, 0.25) is 0 Å².